The fraction of sp³-hybridized carbons (Fsp3) is 0.917. The van der Waals surface area contributed by atoms with Gasteiger partial charge in [-0.3, -0.25) is 4.79 Å². The van der Waals surface area contributed by atoms with Crippen molar-refractivity contribution in [3.63, 3.8) is 0 Å². The minimum absolute atomic E-state index is 0.0165. The SMILES string of the molecule is CNCCCC(=O)OC1CCCCCC1. The molecule has 0 bridgehead atoms. The zero-order chi connectivity index (χ0) is 10.9. The number of esters is 1. The molecule has 0 spiro atoms. The third-order valence-corrected chi connectivity index (χ3v) is 2.91. The predicted octanol–water partition coefficient (Wildman–Crippen LogP) is 2.25. The van der Waals surface area contributed by atoms with Crippen LogP contribution in [0.2, 0.25) is 0 Å². The van der Waals surface area contributed by atoms with Gasteiger partial charge in [0.05, 0.1) is 0 Å². The van der Waals surface area contributed by atoms with Gasteiger partial charge in [0.1, 0.15) is 6.10 Å². The standard InChI is InChI=1S/C12H23NO2/c1-13-10-6-9-12(14)15-11-7-4-2-3-5-8-11/h11,13H,2-10H2,1H3. The Morgan fingerprint density at radius 1 is 1.27 bits per heavy atom. The molecule has 3 heteroatoms. The van der Waals surface area contributed by atoms with E-state index in [4.69, 9.17) is 4.74 Å². The average Bonchev–Trinajstić information content (AvgIpc) is 2.47. The van der Waals surface area contributed by atoms with Crippen LogP contribution in [0.5, 0.6) is 0 Å². The molecule has 0 aromatic rings. The summed E-state index contributed by atoms with van der Waals surface area (Å²) in [5.74, 6) is -0.0165. The molecule has 0 aromatic heterocycles. The molecule has 1 saturated carbocycles. The first-order valence-electron chi connectivity index (χ1n) is 6.17. The van der Waals surface area contributed by atoms with E-state index in [0.717, 1.165) is 25.8 Å². The lowest BCUT2D eigenvalue weighted by molar-refractivity contribution is -0.149. The number of hydrogen-bond donors (Lipinski definition) is 1. The number of rotatable bonds is 5. The molecule has 88 valence electrons. The van der Waals surface area contributed by atoms with E-state index < -0.39 is 0 Å². The maximum Gasteiger partial charge on any atom is 0.306 e. The topological polar surface area (TPSA) is 38.3 Å². The molecule has 0 amide bonds. The van der Waals surface area contributed by atoms with E-state index in [2.05, 4.69) is 5.32 Å². The summed E-state index contributed by atoms with van der Waals surface area (Å²) in [5, 5.41) is 3.03. The van der Waals surface area contributed by atoms with E-state index in [-0.39, 0.29) is 12.1 Å². The van der Waals surface area contributed by atoms with Gasteiger partial charge in [0, 0.05) is 6.42 Å². The van der Waals surface area contributed by atoms with Crippen LogP contribution in [0.3, 0.4) is 0 Å². The lowest BCUT2D eigenvalue weighted by Gasteiger charge is -2.15. The Kier molecular flexibility index (Phi) is 6.41. The first kappa shape index (κ1) is 12.5. The van der Waals surface area contributed by atoms with Gasteiger partial charge in [0.15, 0.2) is 0 Å². The van der Waals surface area contributed by atoms with E-state index >= 15 is 0 Å². The second-order valence-corrected chi connectivity index (χ2v) is 4.31. The van der Waals surface area contributed by atoms with Crippen LogP contribution in [0.15, 0.2) is 0 Å². The van der Waals surface area contributed by atoms with E-state index in [1.54, 1.807) is 0 Å². The average molecular weight is 213 g/mol. The van der Waals surface area contributed by atoms with Crippen molar-refractivity contribution in [2.45, 2.75) is 57.5 Å². The lowest BCUT2D eigenvalue weighted by atomic mass is 10.1. The Hall–Kier alpha value is -0.570. The Balaban J connectivity index is 2.12. The normalized spacial score (nSPS) is 18.5. The van der Waals surface area contributed by atoms with Gasteiger partial charge in [0.25, 0.3) is 0 Å². The minimum Gasteiger partial charge on any atom is -0.462 e. The van der Waals surface area contributed by atoms with Gasteiger partial charge in [-0.25, -0.2) is 0 Å². The number of carbonyl (C=O) groups excluding carboxylic acids is 1. The van der Waals surface area contributed by atoms with Crippen LogP contribution in [-0.2, 0) is 9.53 Å². The summed E-state index contributed by atoms with van der Waals surface area (Å²) < 4.78 is 5.45. The summed E-state index contributed by atoms with van der Waals surface area (Å²) in [6.45, 7) is 0.889. The van der Waals surface area contributed by atoms with Crippen molar-refractivity contribution in [2.24, 2.45) is 0 Å². The number of carbonyl (C=O) groups is 1. The lowest BCUT2D eigenvalue weighted by Crippen LogP contribution is -2.18. The summed E-state index contributed by atoms with van der Waals surface area (Å²) in [5.41, 5.74) is 0. The van der Waals surface area contributed by atoms with Crippen LogP contribution in [0.4, 0.5) is 0 Å². The van der Waals surface area contributed by atoms with Gasteiger partial charge in [-0.15, -0.1) is 0 Å². The molecule has 1 aliphatic carbocycles. The maximum atomic E-state index is 11.4. The Bertz CT molecular complexity index is 174. The minimum atomic E-state index is -0.0165. The van der Waals surface area contributed by atoms with Crippen LogP contribution in [0.1, 0.15) is 51.4 Å². The fourth-order valence-corrected chi connectivity index (χ4v) is 2.01. The first-order chi connectivity index (χ1) is 7.33. The quantitative estimate of drug-likeness (QED) is 0.432. The molecule has 1 rings (SSSR count). The highest BCUT2D eigenvalue weighted by Gasteiger charge is 2.15. The van der Waals surface area contributed by atoms with Crippen LogP contribution in [0.25, 0.3) is 0 Å². The molecule has 1 N–H and O–H groups in total. The maximum absolute atomic E-state index is 11.4. The molecule has 0 unspecified atom stereocenters. The Morgan fingerprint density at radius 2 is 1.93 bits per heavy atom. The third kappa shape index (κ3) is 5.78. The summed E-state index contributed by atoms with van der Waals surface area (Å²) in [6, 6.07) is 0. The molecule has 0 heterocycles. The van der Waals surface area contributed by atoms with Gasteiger partial charge in [-0.1, -0.05) is 12.8 Å². The van der Waals surface area contributed by atoms with E-state index in [0.29, 0.717) is 6.42 Å². The van der Waals surface area contributed by atoms with Crippen molar-refractivity contribution in [1.82, 2.24) is 5.32 Å². The predicted molar refractivity (Wildman–Crippen MR) is 60.7 cm³/mol. The molecular weight excluding hydrogens is 190 g/mol. The molecule has 1 aliphatic rings. The highest BCUT2D eigenvalue weighted by molar-refractivity contribution is 5.69. The molecule has 0 saturated heterocycles. The van der Waals surface area contributed by atoms with E-state index in [1.807, 2.05) is 7.05 Å². The molecule has 0 radical (unpaired) electrons. The van der Waals surface area contributed by atoms with Crippen molar-refractivity contribution in [2.75, 3.05) is 13.6 Å². The highest BCUT2D eigenvalue weighted by atomic mass is 16.5. The summed E-state index contributed by atoms with van der Waals surface area (Å²) >= 11 is 0. The van der Waals surface area contributed by atoms with Crippen LogP contribution < -0.4 is 5.32 Å². The molecule has 15 heavy (non-hydrogen) atoms. The number of hydrogen-bond acceptors (Lipinski definition) is 3. The van der Waals surface area contributed by atoms with Crippen molar-refractivity contribution < 1.29 is 9.53 Å². The number of ether oxygens (including phenoxy) is 1. The molecule has 0 aromatic carbocycles. The van der Waals surface area contributed by atoms with Gasteiger partial charge >= 0.3 is 5.97 Å². The molecule has 1 fully saturated rings. The fourth-order valence-electron chi connectivity index (χ4n) is 2.01. The van der Waals surface area contributed by atoms with Crippen LogP contribution >= 0.6 is 0 Å². The second kappa shape index (κ2) is 7.69. The van der Waals surface area contributed by atoms with Crippen LogP contribution in [0, 0.1) is 0 Å². The summed E-state index contributed by atoms with van der Waals surface area (Å²) in [4.78, 5) is 11.4. The van der Waals surface area contributed by atoms with Crippen molar-refractivity contribution in [1.29, 1.82) is 0 Å². The Morgan fingerprint density at radius 3 is 2.53 bits per heavy atom. The zero-order valence-electron chi connectivity index (χ0n) is 9.76. The highest BCUT2D eigenvalue weighted by Crippen LogP contribution is 2.20. The first-order valence-corrected chi connectivity index (χ1v) is 6.17. The van der Waals surface area contributed by atoms with Gasteiger partial charge in [-0.05, 0) is 45.7 Å². The summed E-state index contributed by atoms with van der Waals surface area (Å²) in [6.07, 6.45) is 8.80. The largest absolute Gasteiger partial charge is 0.462 e. The van der Waals surface area contributed by atoms with E-state index in [9.17, 15) is 4.79 Å². The van der Waals surface area contributed by atoms with Crippen molar-refractivity contribution >= 4 is 5.97 Å². The smallest absolute Gasteiger partial charge is 0.306 e. The monoisotopic (exact) mass is 213 g/mol. The van der Waals surface area contributed by atoms with Gasteiger partial charge in [-0.2, -0.15) is 0 Å². The third-order valence-electron chi connectivity index (χ3n) is 2.91. The zero-order valence-corrected chi connectivity index (χ0v) is 9.76. The molecule has 0 atom stereocenters. The van der Waals surface area contributed by atoms with Crippen molar-refractivity contribution in [3.05, 3.63) is 0 Å². The molecule has 3 nitrogen and oxygen atoms in total. The summed E-state index contributed by atoms with van der Waals surface area (Å²) in [7, 11) is 1.90. The molecular formula is C12H23NO2. The molecule has 0 aliphatic heterocycles. The van der Waals surface area contributed by atoms with Gasteiger partial charge in [0.2, 0.25) is 0 Å². The van der Waals surface area contributed by atoms with Crippen LogP contribution in [-0.4, -0.2) is 25.7 Å². The van der Waals surface area contributed by atoms with E-state index in [1.165, 1.54) is 25.7 Å². The number of nitrogens with one attached hydrogen (secondary N) is 1. The Labute approximate surface area is 92.6 Å². The van der Waals surface area contributed by atoms with Crippen molar-refractivity contribution in [3.8, 4) is 0 Å². The van der Waals surface area contributed by atoms with Gasteiger partial charge < -0.3 is 10.1 Å². The second-order valence-electron chi connectivity index (χ2n) is 4.31.